The van der Waals surface area contributed by atoms with Crippen LogP contribution in [0.2, 0.25) is 0 Å². The Morgan fingerprint density at radius 1 is 0.957 bits per heavy atom. The fraction of sp³-hybridized carbons (Fsp3) is 0.333. The van der Waals surface area contributed by atoms with Crippen LogP contribution < -0.4 is 4.74 Å². The molecule has 0 unspecified atom stereocenters. The molecule has 5 heteroatoms. The number of hydrogen-bond acceptors (Lipinski definition) is 3. The molecule has 23 heavy (non-hydrogen) atoms. The second kappa shape index (κ2) is 6.72. The Kier molecular flexibility index (Phi) is 5.12. The molecule has 0 aliphatic carbocycles. The molecule has 0 atom stereocenters. The molecule has 2 rings (SSSR count). The Morgan fingerprint density at radius 2 is 1.57 bits per heavy atom. The fourth-order valence-electron chi connectivity index (χ4n) is 2.48. The molecule has 4 nitrogen and oxygen atoms in total. The van der Waals surface area contributed by atoms with E-state index in [1.807, 2.05) is 45.0 Å². The van der Waals surface area contributed by atoms with Gasteiger partial charge in [0.25, 0.3) is 0 Å². The smallest absolute Gasteiger partial charge is 0.243 e. The molecule has 0 bridgehead atoms. The summed E-state index contributed by atoms with van der Waals surface area (Å²) in [6.45, 7) is 6.03. The Balaban J connectivity index is 2.34. The van der Waals surface area contributed by atoms with Crippen molar-refractivity contribution in [3.8, 4) is 5.75 Å². The second-order valence-electron chi connectivity index (χ2n) is 5.76. The number of sulfonamides is 1. The van der Waals surface area contributed by atoms with Gasteiger partial charge in [-0.1, -0.05) is 29.8 Å². The van der Waals surface area contributed by atoms with E-state index in [0.29, 0.717) is 17.2 Å². The monoisotopic (exact) mass is 333 g/mol. The van der Waals surface area contributed by atoms with Gasteiger partial charge in [0.05, 0.1) is 12.0 Å². The van der Waals surface area contributed by atoms with Crippen LogP contribution in [0.25, 0.3) is 0 Å². The standard InChI is InChI=1S/C18H23NO3S/c1-13-6-8-16(9-7-13)12-19(4)23(20,21)18-11-10-17(22-5)14(2)15(18)3/h6-11H,12H2,1-5H3. The quantitative estimate of drug-likeness (QED) is 0.842. The first-order valence-corrected chi connectivity index (χ1v) is 8.87. The predicted molar refractivity (Wildman–Crippen MR) is 92.3 cm³/mol. The van der Waals surface area contributed by atoms with Gasteiger partial charge in [-0.2, -0.15) is 4.31 Å². The van der Waals surface area contributed by atoms with Crippen molar-refractivity contribution in [2.24, 2.45) is 0 Å². The van der Waals surface area contributed by atoms with Crippen molar-refractivity contribution in [3.63, 3.8) is 0 Å². The third-order valence-corrected chi connectivity index (χ3v) is 6.07. The first kappa shape index (κ1) is 17.5. The van der Waals surface area contributed by atoms with Crippen LogP contribution in [-0.2, 0) is 16.6 Å². The highest BCUT2D eigenvalue weighted by molar-refractivity contribution is 7.89. The fourth-order valence-corrected chi connectivity index (χ4v) is 3.91. The summed E-state index contributed by atoms with van der Waals surface area (Å²) >= 11 is 0. The zero-order valence-electron chi connectivity index (χ0n) is 14.3. The van der Waals surface area contributed by atoms with Crippen LogP contribution in [0.4, 0.5) is 0 Å². The molecule has 0 saturated heterocycles. The maximum absolute atomic E-state index is 12.9. The molecule has 0 aliphatic heterocycles. The number of rotatable bonds is 5. The van der Waals surface area contributed by atoms with Gasteiger partial charge in [-0.05, 0) is 49.6 Å². The highest BCUT2D eigenvalue weighted by Gasteiger charge is 2.24. The van der Waals surface area contributed by atoms with E-state index in [-0.39, 0.29) is 0 Å². The Bertz CT molecular complexity index is 796. The average Bonchev–Trinajstić information content (AvgIpc) is 2.51. The second-order valence-corrected chi connectivity index (χ2v) is 7.78. The van der Waals surface area contributed by atoms with E-state index in [2.05, 4.69) is 0 Å². The van der Waals surface area contributed by atoms with Gasteiger partial charge in [0.2, 0.25) is 10.0 Å². The molecule has 0 heterocycles. The maximum atomic E-state index is 12.9. The summed E-state index contributed by atoms with van der Waals surface area (Å²) in [4.78, 5) is 0.324. The number of ether oxygens (including phenoxy) is 1. The molecular formula is C18H23NO3S. The van der Waals surface area contributed by atoms with Gasteiger partial charge in [0.15, 0.2) is 0 Å². The number of nitrogens with zero attached hydrogens (tertiary/aromatic N) is 1. The van der Waals surface area contributed by atoms with Crippen LogP contribution in [0.1, 0.15) is 22.3 Å². The van der Waals surface area contributed by atoms with Crippen molar-refractivity contribution < 1.29 is 13.2 Å². The number of benzene rings is 2. The van der Waals surface area contributed by atoms with Crippen LogP contribution in [0, 0.1) is 20.8 Å². The third-order valence-electron chi connectivity index (χ3n) is 4.12. The summed E-state index contributed by atoms with van der Waals surface area (Å²) < 4.78 is 32.4. The lowest BCUT2D eigenvalue weighted by Gasteiger charge is -2.20. The number of methoxy groups -OCH3 is 1. The maximum Gasteiger partial charge on any atom is 0.243 e. The predicted octanol–water partition coefficient (Wildman–Crippen LogP) is 3.44. The molecule has 2 aromatic rings. The molecule has 124 valence electrons. The van der Waals surface area contributed by atoms with Crippen molar-refractivity contribution >= 4 is 10.0 Å². The Hall–Kier alpha value is -1.85. The number of aryl methyl sites for hydroxylation is 1. The summed E-state index contributed by atoms with van der Waals surface area (Å²) in [5.41, 5.74) is 3.68. The van der Waals surface area contributed by atoms with E-state index in [1.54, 1.807) is 26.3 Å². The van der Waals surface area contributed by atoms with Gasteiger partial charge in [0, 0.05) is 13.6 Å². The SMILES string of the molecule is COc1ccc(S(=O)(=O)N(C)Cc2ccc(C)cc2)c(C)c1C. The zero-order valence-corrected chi connectivity index (χ0v) is 15.1. The largest absolute Gasteiger partial charge is 0.496 e. The van der Waals surface area contributed by atoms with Crippen LogP contribution in [0.15, 0.2) is 41.3 Å². The topological polar surface area (TPSA) is 46.6 Å². The van der Waals surface area contributed by atoms with Crippen molar-refractivity contribution in [2.45, 2.75) is 32.2 Å². The minimum atomic E-state index is -3.55. The zero-order chi connectivity index (χ0) is 17.2. The third kappa shape index (κ3) is 3.57. The van der Waals surface area contributed by atoms with Crippen LogP contribution >= 0.6 is 0 Å². The van der Waals surface area contributed by atoms with Crippen LogP contribution in [-0.4, -0.2) is 26.9 Å². The lowest BCUT2D eigenvalue weighted by Crippen LogP contribution is -2.27. The molecule has 0 radical (unpaired) electrons. The number of hydrogen-bond donors (Lipinski definition) is 0. The molecule has 0 N–H and O–H groups in total. The normalized spacial score (nSPS) is 11.7. The van der Waals surface area contributed by atoms with Crippen molar-refractivity contribution in [1.29, 1.82) is 0 Å². The van der Waals surface area contributed by atoms with E-state index in [1.165, 1.54) is 4.31 Å². The summed E-state index contributed by atoms with van der Waals surface area (Å²) in [6.07, 6.45) is 0. The molecule has 0 fully saturated rings. The minimum Gasteiger partial charge on any atom is -0.496 e. The summed E-state index contributed by atoms with van der Waals surface area (Å²) in [5, 5.41) is 0. The molecule has 0 amide bonds. The van der Waals surface area contributed by atoms with Gasteiger partial charge < -0.3 is 4.74 Å². The van der Waals surface area contributed by atoms with Crippen molar-refractivity contribution in [1.82, 2.24) is 4.31 Å². The van der Waals surface area contributed by atoms with Gasteiger partial charge in [-0.3, -0.25) is 0 Å². The van der Waals surface area contributed by atoms with Crippen molar-refractivity contribution in [2.75, 3.05) is 14.2 Å². The molecule has 0 saturated carbocycles. The lowest BCUT2D eigenvalue weighted by molar-refractivity contribution is 0.410. The molecule has 0 aliphatic rings. The summed E-state index contributed by atoms with van der Waals surface area (Å²) in [7, 11) is -0.360. The van der Waals surface area contributed by atoms with Gasteiger partial charge in [0.1, 0.15) is 5.75 Å². The van der Waals surface area contributed by atoms with Crippen LogP contribution in [0.5, 0.6) is 5.75 Å². The first-order valence-electron chi connectivity index (χ1n) is 7.43. The first-order chi connectivity index (χ1) is 10.8. The Labute approximate surface area is 138 Å². The summed E-state index contributed by atoms with van der Waals surface area (Å²) in [5.74, 6) is 0.697. The minimum absolute atomic E-state index is 0.324. The molecule has 0 aromatic heterocycles. The van der Waals surface area contributed by atoms with E-state index >= 15 is 0 Å². The highest BCUT2D eigenvalue weighted by atomic mass is 32.2. The van der Waals surface area contributed by atoms with E-state index in [0.717, 1.165) is 22.3 Å². The van der Waals surface area contributed by atoms with Gasteiger partial charge in [-0.25, -0.2) is 8.42 Å². The van der Waals surface area contributed by atoms with Gasteiger partial charge >= 0.3 is 0 Å². The molecular weight excluding hydrogens is 310 g/mol. The van der Waals surface area contributed by atoms with Crippen LogP contribution in [0.3, 0.4) is 0 Å². The summed E-state index contributed by atoms with van der Waals surface area (Å²) in [6, 6.07) is 11.2. The van der Waals surface area contributed by atoms with Gasteiger partial charge in [-0.15, -0.1) is 0 Å². The average molecular weight is 333 g/mol. The molecule has 2 aromatic carbocycles. The molecule has 0 spiro atoms. The Morgan fingerprint density at radius 3 is 2.13 bits per heavy atom. The van der Waals surface area contributed by atoms with E-state index in [9.17, 15) is 8.42 Å². The highest BCUT2D eigenvalue weighted by Crippen LogP contribution is 2.28. The lowest BCUT2D eigenvalue weighted by atomic mass is 10.1. The van der Waals surface area contributed by atoms with Crippen molar-refractivity contribution in [3.05, 3.63) is 58.7 Å². The van der Waals surface area contributed by atoms with E-state index in [4.69, 9.17) is 4.74 Å². The van der Waals surface area contributed by atoms with E-state index < -0.39 is 10.0 Å².